The summed E-state index contributed by atoms with van der Waals surface area (Å²) in [6.45, 7) is 2.30. The van der Waals surface area contributed by atoms with Gasteiger partial charge >= 0.3 is 12.1 Å². The number of amides is 1. The molecule has 5 nitrogen and oxygen atoms in total. The minimum absolute atomic E-state index is 0.269. The average Bonchev–Trinajstić information content (AvgIpc) is 2.91. The Bertz CT molecular complexity index is 740. The second kappa shape index (κ2) is 6.51. The molecule has 2 N–H and O–H groups in total. The van der Waals surface area contributed by atoms with Gasteiger partial charge in [-0.05, 0) is 28.3 Å². The molecule has 0 saturated carbocycles. The Kier molecular flexibility index (Phi) is 4.42. The maximum absolute atomic E-state index is 12.0. The smallest absolute Gasteiger partial charge is 0.408 e. The SMILES string of the molecule is CCCCOC(=O)NC1(C(=O)O)Cc2cc3ccccc3cc2C1. The third-order valence-corrected chi connectivity index (χ3v) is 4.53. The van der Waals surface area contributed by atoms with Gasteiger partial charge in [-0.25, -0.2) is 9.59 Å². The molecule has 0 aliphatic heterocycles. The third-order valence-electron chi connectivity index (χ3n) is 4.53. The first-order valence-corrected chi connectivity index (χ1v) is 8.23. The monoisotopic (exact) mass is 327 g/mol. The van der Waals surface area contributed by atoms with Crippen LogP contribution < -0.4 is 5.32 Å². The van der Waals surface area contributed by atoms with E-state index in [2.05, 4.69) is 5.32 Å². The lowest BCUT2D eigenvalue weighted by Gasteiger charge is -2.24. The van der Waals surface area contributed by atoms with E-state index in [1.54, 1.807) is 0 Å². The summed E-state index contributed by atoms with van der Waals surface area (Å²) in [5.41, 5.74) is 0.595. The summed E-state index contributed by atoms with van der Waals surface area (Å²) in [6, 6.07) is 11.9. The fourth-order valence-corrected chi connectivity index (χ4v) is 3.21. The Hall–Kier alpha value is -2.56. The van der Waals surface area contributed by atoms with E-state index in [9.17, 15) is 14.7 Å². The largest absolute Gasteiger partial charge is 0.479 e. The lowest BCUT2D eigenvalue weighted by molar-refractivity contribution is -0.144. The quantitative estimate of drug-likeness (QED) is 0.826. The van der Waals surface area contributed by atoms with Crippen molar-refractivity contribution in [1.29, 1.82) is 0 Å². The first-order valence-electron chi connectivity index (χ1n) is 8.23. The molecule has 1 amide bonds. The molecule has 0 saturated heterocycles. The molecule has 0 unspecified atom stereocenters. The van der Waals surface area contributed by atoms with E-state index in [1.807, 2.05) is 43.3 Å². The van der Waals surface area contributed by atoms with Gasteiger partial charge < -0.3 is 15.2 Å². The minimum Gasteiger partial charge on any atom is -0.479 e. The van der Waals surface area contributed by atoms with Crippen LogP contribution in [0.25, 0.3) is 10.8 Å². The fraction of sp³-hybridized carbons (Fsp3) is 0.368. The van der Waals surface area contributed by atoms with Gasteiger partial charge in [0, 0.05) is 12.8 Å². The van der Waals surface area contributed by atoms with Crippen LogP contribution in [0.2, 0.25) is 0 Å². The maximum Gasteiger partial charge on any atom is 0.408 e. The van der Waals surface area contributed by atoms with Crippen molar-refractivity contribution in [2.24, 2.45) is 0 Å². The van der Waals surface area contributed by atoms with Crippen LogP contribution in [-0.4, -0.2) is 29.3 Å². The predicted molar refractivity (Wildman–Crippen MR) is 91.1 cm³/mol. The third kappa shape index (κ3) is 3.07. The molecular formula is C19H21NO4. The van der Waals surface area contributed by atoms with Crippen molar-refractivity contribution >= 4 is 22.8 Å². The highest BCUT2D eigenvalue weighted by atomic mass is 16.5. The van der Waals surface area contributed by atoms with Gasteiger partial charge in [-0.3, -0.25) is 0 Å². The molecule has 5 heteroatoms. The second-order valence-corrected chi connectivity index (χ2v) is 6.32. The molecule has 1 aliphatic rings. The molecule has 0 bridgehead atoms. The average molecular weight is 327 g/mol. The van der Waals surface area contributed by atoms with Crippen LogP contribution in [0, 0.1) is 0 Å². The van der Waals surface area contributed by atoms with Gasteiger partial charge in [0.1, 0.15) is 5.54 Å². The number of benzene rings is 2. The van der Waals surface area contributed by atoms with E-state index < -0.39 is 17.6 Å². The van der Waals surface area contributed by atoms with Crippen LogP contribution >= 0.6 is 0 Å². The first kappa shape index (κ1) is 16.3. The molecule has 0 fully saturated rings. The number of hydrogen-bond donors (Lipinski definition) is 2. The molecular weight excluding hydrogens is 306 g/mol. The molecule has 0 aromatic heterocycles. The van der Waals surface area contributed by atoms with Gasteiger partial charge in [0.15, 0.2) is 0 Å². The molecule has 0 radical (unpaired) electrons. The zero-order valence-corrected chi connectivity index (χ0v) is 13.7. The Morgan fingerprint density at radius 2 is 1.75 bits per heavy atom. The Morgan fingerprint density at radius 3 is 2.25 bits per heavy atom. The number of carboxylic acids is 1. The van der Waals surface area contributed by atoms with Crippen molar-refractivity contribution < 1.29 is 19.4 Å². The van der Waals surface area contributed by atoms with Crippen molar-refractivity contribution in [2.45, 2.75) is 38.1 Å². The Morgan fingerprint density at radius 1 is 1.17 bits per heavy atom. The summed E-state index contributed by atoms with van der Waals surface area (Å²) in [7, 11) is 0. The zero-order valence-electron chi connectivity index (χ0n) is 13.7. The molecule has 3 rings (SSSR count). The lowest BCUT2D eigenvalue weighted by Crippen LogP contribution is -2.55. The lowest BCUT2D eigenvalue weighted by atomic mass is 9.96. The number of fused-ring (bicyclic) bond motifs is 2. The number of ether oxygens (including phenoxy) is 1. The number of carbonyl (C=O) groups excluding carboxylic acids is 1. The van der Waals surface area contributed by atoms with Gasteiger partial charge in [-0.2, -0.15) is 0 Å². The first-order chi connectivity index (χ1) is 11.5. The highest BCUT2D eigenvalue weighted by Gasteiger charge is 2.46. The normalized spacial score (nSPS) is 15.0. The number of aliphatic carboxylic acids is 1. The summed E-state index contributed by atoms with van der Waals surface area (Å²) in [4.78, 5) is 23.9. The number of unbranched alkanes of at least 4 members (excludes halogenated alkanes) is 1. The van der Waals surface area contributed by atoms with E-state index in [1.165, 1.54) is 0 Å². The van der Waals surface area contributed by atoms with Crippen molar-refractivity contribution in [3.8, 4) is 0 Å². The maximum atomic E-state index is 12.0. The van der Waals surface area contributed by atoms with Gasteiger partial charge in [0.25, 0.3) is 0 Å². The van der Waals surface area contributed by atoms with E-state index in [0.717, 1.165) is 34.7 Å². The summed E-state index contributed by atoms with van der Waals surface area (Å²) in [5, 5.41) is 14.5. The number of hydrogen-bond acceptors (Lipinski definition) is 3. The molecule has 2 aromatic rings. The highest BCUT2D eigenvalue weighted by Crippen LogP contribution is 2.33. The van der Waals surface area contributed by atoms with Crippen molar-refractivity contribution in [2.75, 3.05) is 6.61 Å². The van der Waals surface area contributed by atoms with E-state index in [4.69, 9.17) is 4.74 Å². The van der Waals surface area contributed by atoms with Crippen molar-refractivity contribution in [3.63, 3.8) is 0 Å². The van der Waals surface area contributed by atoms with Gasteiger partial charge in [-0.15, -0.1) is 0 Å². The van der Waals surface area contributed by atoms with Crippen LogP contribution in [0.15, 0.2) is 36.4 Å². The number of carboxylic acid groups (broad SMARTS) is 1. The molecule has 2 aromatic carbocycles. The number of rotatable bonds is 5. The summed E-state index contributed by atoms with van der Waals surface area (Å²) >= 11 is 0. The summed E-state index contributed by atoms with van der Waals surface area (Å²) in [6.07, 6.45) is 1.55. The van der Waals surface area contributed by atoms with E-state index >= 15 is 0 Å². The molecule has 126 valence electrons. The van der Waals surface area contributed by atoms with Gasteiger partial charge in [0.2, 0.25) is 0 Å². The van der Waals surface area contributed by atoms with Crippen LogP contribution in [0.5, 0.6) is 0 Å². The molecule has 1 aliphatic carbocycles. The topological polar surface area (TPSA) is 75.6 Å². The molecule has 0 spiro atoms. The van der Waals surface area contributed by atoms with Crippen LogP contribution in [0.4, 0.5) is 4.79 Å². The van der Waals surface area contributed by atoms with Gasteiger partial charge in [0.05, 0.1) is 6.61 Å². The van der Waals surface area contributed by atoms with E-state index in [-0.39, 0.29) is 12.8 Å². The minimum atomic E-state index is -1.33. The molecule has 0 atom stereocenters. The molecule has 24 heavy (non-hydrogen) atoms. The number of alkyl carbamates (subject to hydrolysis) is 1. The predicted octanol–water partition coefficient (Wildman–Crippen LogP) is 3.29. The highest BCUT2D eigenvalue weighted by molar-refractivity contribution is 5.89. The summed E-state index contributed by atoms with van der Waals surface area (Å²) in [5.74, 6) is -1.03. The van der Waals surface area contributed by atoms with Gasteiger partial charge in [-0.1, -0.05) is 49.7 Å². The zero-order chi connectivity index (χ0) is 17.2. The van der Waals surface area contributed by atoms with Crippen LogP contribution in [0.1, 0.15) is 30.9 Å². The second-order valence-electron chi connectivity index (χ2n) is 6.32. The van der Waals surface area contributed by atoms with Crippen LogP contribution in [0.3, 0.4) is 0 Å². The Labute approximate surface area is 140 Å². The van der Waals surface area contributed by atoms with Crippen molar-refractivity contribution in [3.05, 3.63) is 47.5 Å². The van der Waals surface area contributed by atoms with Crippen molar-refractivity contribution in [1.82, 2.24) is 5.32 Å². The van der Waals surface area contributed by atoms with Crippen LogP contribution in [-0.2, 0) is 22.4 Å². The molecule has 0 heterocycles. The fourth-order valence-electron chi connectivity index (χ4n) is 3.21. The Balaban J connectivity index is 1.83. The standard InChI is InChI=1S/C19H21NO4/c1-2-3-8-24-18(23)20-19(17(21)22)11-15-9-13-6-4-5-7-14(13)10-16(15)12-19/h4-7,9-10H,2-3,8,11-12H2,1H3,(H,20,23)(H,21,22). The number of carbonyl (C=O) groups is 2. The summed E-state index contributed by atoms with van der Waals surface area (Å²) < 4.78 is 5.08. The number of nitrogens with one attached hydrogen (secondary N) is 1. The van der Waals surface area contributed by atoms with E-state index in [0.29, 0.717) is 6.61 Å².